The number of imidazole rings is 2. The highest BCUT2D eigenvalue weighted by Crippen LogP contribution is 2.44. The van der Waals surface area contributed by atoms with Crippen LogP contribution in [0.25, 0.3) is 22.3 Å². The number of rotatable bonds is 80. The summed E-state index contributed by atoms with van der Waals surface area (Å²) in [5, 5.41) is 39.0. The third kappa shape index (κ3) is 48.0. The number of aliphatic hydroxyl groups is 4. The highest BCUT2D eigenvalue weighted by molar-refractivity contribution is 7.32. The molecule has 0 aliphatic carbocycles. The molecule has 149 heavy (non-hydrogen) atoms. The Labute approximate surface area is 881 Å². The van der Waals surface area contributed by atoms with Gasteiger partial charge in [0.15, 0.2) is 72.0 Å². The molecule has 0 saturated carbocycles. The first-order valence-corrected chi connectivity index (χ1v) is 60.1. The normalized spacial score (nSPS) is 22.0. The van der Waals surface area contributed by atoms with Crippen molar-refractivity contribution in [2.75, 3.05) is 70.1 Å². The van der Waals surface area contributed by atoms with E-state index in [2.05, 4.69) is 67.6 Å². The predicted molar refractivity (Wildman–Crippen MR) is 570 cm³/mol. The Morgan fingerprint density at radius 2 is 0.591 bits per heavy atom. The second-order valence-electron chi connectivity index (χ2n) is 39.4. The lowest BCUT2D eigenvalue weighted by atomic mass is 10.0. The number of aromatic amines is 2. The molecule has 846 valence electrons. The van der Waals surface area contributed by atoms with Crippen molar-refractivity contribution in [1.82, 2.24) is 58.1 Å². The zero-order valence-corrected chi connectivity index (χ0v) is 92.3. The summed E-state index contributed by atoms with van der Waals surface area (Å²) in [6.07, 6.45) is 62.2. The Balaban J connectivity index is 0.000000269. The van der Waals surface area contributed by atoms with Gasteiger partial charge in [-0.05, 0) is 31.7 Å². The van der Waals surface area contributed by atoms with E-state index in [1.54, 1.807) is 4.57 Å². The number of anilines is 3. The Bertz CT molecular complexity index is 4880. The molecule has 10 rings (SSSR count). The minimum atomic E-state index is -2.98. The molecule has 6 aromatic rings. The number of hydrogen-bond donors (Lipinski definition) is 13. The van der Waals surface area contributed by atoms with Crippen LogP contribution in [0.4, 0.5) is 17.6 Å². The van der Waals surface area contributed by atoms with Crippen LogP contribution in [0.15, 0.2) is 62.7 Å². The molecule has 47 heteroatoms. The Hall–Kier alpha value is -6.54. The number of aromatic nitrogens is 12. The van der Waals surface area contributed by atoms with Gasteiger partial charge in [-0.15, -0.1) is 37.7 Å². The van der Waals surface area contributed by atoms with Crippen LogP contribution < -0.4 is 39.7 Å². The molecule has 43 nitrogen and oxygen atoms in total. The molecule has 4 aliphatic heterocycles. The third-order valence-electron chi connectivity index (χ3n) is 27.6. The average Bonchev–Trinajstić information content (AvgIpc) is 1.48. The van der Waals surface area contributed by atoms with Gasteiger partial charge in [0.05, 0.1) is 39.1 Å². The van der Waals surface area contributed by atoms with E-state index >= 15 is 0 Å². The van der Waals surface area contributed by atoms with Crippen LogP contribution in [0.1, 0.15) is 412 Å². The summed E-state index contributed by atoms with van der Waals surface area (Å²) in [7, 11) is -11.8. The van der Waals surface area contributed by atoms with Crippen molar-refractivity contribution in [2.45, 2.75) is 485 Å². The predicted octanol–water partition coefficient (Wildman–Crippen LogP) is 18.6. The Morgan fingerprint density at radius 3 is 0.872 bits per heavy atom. The first-order valence-electron chi connectivity index (χ1n) is 55.6. The van der Waals surface area contributed by atoms with Gasteiger partial charge in [-0.2, -0.15) is 9.97 Å². The summed E-state index contributed by atoms with van der Waals surface area (Å²) >= 11 is 0. The highest BCUT2D eigenvalue weighted by atomic mass is 31.1. The molecule has 0 radical (unpaired) electrons. The van der Waals surface area contributed by atoms with Gasteiger partial charge in [-0.3, -0.25) is 37.8 Å². The molecular formula is C102H179N15O28P4+4. The van der Waals surface area contributed by atoms with Crippen LogP contribution in [0.2, 0.25) is 0 Å². The summed E-state index contributed by atoms with van der Waals surface area (Å²) in [6.45, 7) is 8.75. The molecule has 6 aromatic heterocycles. The minimum absolute atomic E-state index is 0.0664. The summed E-state index contributed by atoms with van der Waals surface area (Å²) in [5.74, 6) is 0.215. The number of nitrogens with zero attached hydrogens (tertiary/aromatic N) is 10. The fourth-order valence-corrected chi connectivity index (χ4v) is 21.3. The maximum Gasteiger partial charge on any atom is 0.695 e. The van der Waals surface area contributed by atoms with Crippen LogP contribution in [-0.2, 0) is 74.3 Å². The minimum Gasteiger partial charge on any atom is -0.394 e. The number of nitrogen functional groups attached to an aromatic ring is 3. The molecule has 4 fully saturated rings. The molecule has 8 unspecified atom stereocenters. The summed E-state index contributed by atoms with van der Waals surface area (Å²) in [5.41, 5.74) is 15.9. The number of nitrogens with one attached hydrogen (secondary N) is 2. The van der Waals surface area contributed by atoms with Gasteiger partial charge in [0.25, 0.3) is 11.1 Å². The third-order valence-corrected chi connectivity index (χ3v) is 29.3. The van der Waals surface area contributed by atoms with Gasteiger partial charge in [0.1, 0.15) is 66.5 Å². The second kappa shape index (κ2) is 77.8. The zero-order chi connectivity index (χ0) is 108. The van der Waals surface area contributed by atoms with Gasteiger partial charge in [0, 0.05) is 63.1 Å². The van der Waals surface area contributed by atoms with Crippen LogP contribution in [0.5, 0.6) is 0 Å². The van der Waals surface area contributed by atoms with Crippen LogP contribution in [0.3, 0.4) is 0 Å². The van der Waals surface area contributed by atoms with Gasteiger partial charge >= 0.3 is 44.4 Å². The average molecular weight is 2190 g/mol. The second-order valence-corrected chi connectivity index (χ2v) is 42.1. The Kier molecular flexibility index (Phi) is 67.5. The van der Waals surface area contributed by atoms with E-state index in [1.807, 2.05) is 0 Å². The van der Waals surface area contributed by atoms with Crippen molar-refractivity contribution in [1.29, 1.82) is 0 Å². The number of aliphatic hydroxyl groups excluding tert-OH is 4. The number of H-pyrrole nitrogens is 2. The van der Waals surface area contributed by atoms with E-state index in [1.165, 1.54) is 335 Å². The quantitative estimate of drug-likeness (QED) is 0.0125. The number of unbranched alkanes of at least 4 members (excludes halogenated alkanes) is 52. The molecule has 0 spiro atoms. The first-order chi connectivity index (χ1) is 72.5. The van der Waals surface area contributed by atoms with Crippen LogP contribution in [0, 0.1) is 0 Å². The van der Waals surface area contributed by atoms with Crippen molar-refractivity contribution in [3.05, 3.63) is 85.2 Å². The number of fused-ring (bicyclic) bond motifs is 2. The molecule has 0 aromatic carbocycles. The highest BCUT2D eigenvalue weighted by Gasteiger charge is 2.56. The van der Waals surface area contributed by atoms with Crippen molar-refractivity contribution in [3.63, 3.8) is 0 Å². The van der Waals surface area contributed by atoms with Crippen molar-refractivity contribution < 1.29 is 114 Å². The van der Waals surface area contributed by atoms with Gasteiger partial charge < -0.3 is 75.5 Å². The van der Waals surface area contributed by atoms with Crippen molar-refractivity contribution in [3.8, 4) is 0 Å². The van der Waals surface area contributed by atoms with Crippen LogP contribution >= 0.6 is 33.0 Å². The Morgan fingerprint density at radius 1 is 0.322 bits per heavy atom. The largest absolute Gasteiger partial charge is 0.695 e. The summed E-state index contributed by atoms with van der Waals surface area (Å²) in [4.78, 5) is 115. The number of ether oxygens (including phenoxy) is 8. The maximum absolute atomic E-state index is 12.3. The number of hydrogen-bond acceptors (Lipinski definition) is 33. The monoisotopic (exact) mass is 2190 g/mol. The lowest BCUT2D eigenvalue weighted by Crippen LogP contribution is -2.40. The summed E-state index contributed by atoms with van der Waals surface area (Å²) < 4.78 is 119. The van der Waals surface area contributed by atoms with Crippen molar-refractivity contribution in [2.24, 2.45) is 0 Å². The molecule has 4 saturated heterocycles. The van der Waals surface area contributed by atoms with E-state index < -0.39 is 180 Å². The molecule has 0 bridgehead atoms. The van der Waals surface area contributed by atoms with E-state index in [-0.39, 0.29) is 28.7 Å². The molecule has 0 amide bonds. The standard InChI is InChI=1S/C26H44N5O7P.C26H44N5O6P.C25H44N3O7P.C25H43N2O8P/c1-2-3-4-5-6-7-8-9-10-11-12-13-14-15-16-36-22-21(38-39(34)35)19(17-32)37-25(22)31-18-28-20-23(31)29-26(27)30-24(20)33;1-2-3-4-5-6-7-8-9-10-11-12-13-14-15-16-35-23-22(37-38(33)34)20(17-32)36-26(23)31-19-30-21-24(27)28-18-29-25(21)31;1-2-3-4-5-6-7-8-9-10-11-12-13-14-15-18-33-23-22(35-36(31)32)20(19-29)34-24(23)28-17-16-21(26)27-25(28)30;1-2-3-4-5-6-7-8-9-10-11-12-13-14-15-18-33-23-22(35-36(31)32)20(19-28)34-24(23)27-17-16-21(29)26-25(27)30/h18-19,21-22,25,32H,2-17H2,1H3,(H3-,27,29,30,33,34,35);18-20,22-23,26,32H,2-17H2,1H3,(H2-,27,28,29,33,34);16-17,20,22-24,29H,2-15,18-19H2,1H3,(H2-,26,27,30,31,32);16-17,20,22-24,28H,2-15,18-19H2,1H3,(H-,26,29,30,31,32)/p+4/t19-,21+,22?,25-;20-,22+,23?,26-;2*20-,22+,23?,24-/m1111/s1. The van der Waals surface area contributed by atoms with Crippen LogP contribution in [-0.4, -0.2) is 224 Å². The molecule has 4 aliphatic rings. The van der Waals surface area contributed by atoms with Crippen molar-refractivity contribution >= 4 is 72.9 Å². The summed E-state index contributed by atoms with van der Waals surface area (Å²) in [6, 6.07) is 2.62. The van der Waals surface area contributed by atoms with Gasteiger partial charge in [-0.25, -0.2) is 29.5 Å². The molecular weight excluding hydrogens is 2010 g/mol. The van der Waals surface area contributed by atoms with E-state index in [9.17, 15) is 77.4 Å². The topological polar surface area (TPSA) is 616 Å². The van der Waals surface area contributed by atoms with E-state index in [4.69, 9.17) is 73.2 Å². The lowest BCUT2D eigenvalue weighted by molar-refractivity contribution is -0.0744. The number of nitrogens with two attached hydrogens (primary N) is 3. The maximum atomic E-state index is 12.3. The SMILES string of the molecule is CCCCCCCCCCCCCCCCOC1[C@@H](O[P+](=O)O)[C@@H](CO)O[C@H]1n1ccc(=O)[nH]c1=O.CCCCCCCCCCCCCCCCOC1[C@@H](O[P+](=O)O)[C@@H](CO)O[C@H]1n1ccc(N)nc1=O.CCCCCCCCCCCCCCCCOC1[C@@H](O[P+](=O)O)[C@@H](CO)O[C@H]1n1cnc2c(=O)[nH]c(N)nc21.CCCCCCCCCCCCCCCCOC1[C@@H](O[P+](=O)O)[C@@H](CO)O[C@H]1n1cnc2c(N)ncnc21. The van der Waals surface area contributed by atoms with E-state index in [0.29, 0.717) is 37.6 Å². The fourth-order valence-electron chi connectivity index (χ4n) is 19.4. The first kappa shape index (κ1) is 129. The molecule has 20 atom stereocenters. The molecule has 16 N–H and O–H groups in total. The zero-order valence-electron chi connectivity index (χ0n) is 88.8. The fraction of sp³-hybridized carbons (Fsp3) is 0.824. The molecule has 10 heterocycles. The van der Waals surface area contributed by atoms with Gasteiger partial charge in [0.2, 0.25) is 5.95 Å². The van der Waals surface area contributed by atoms with E-state index in [0.717, 1.165) is 81.6 Å². The smallest absolute Gasteiger partial charge is 0.394 e. The van der Waals surface area contributed by atoms with Gasteiger partial charge in [-0.1, -0.05) is 362 Å². The lowest BCUT2D eigenvalue weighted by Gasteiger charge is -2.22.